The van der Waals surface area contributed by atoms with Gasteiger partial charge in [0.1, 0.15) is 6.10 Å². The zero-order valence-corrected chi connectivity index (χ0v) is 9.65. The molecule has 0 bridgehead atoms. The molecule has 0 spiro atoms. The van der Waals surface area contributed by atoms with Crippen molar-refractivity contribution in [2.75, 3.05) is 13.2 Å². The molecule has 2 heterocycles. The van der Waals surface area contributed by atoms with E-state index >= 15 is 0 Å². The van der Waals surface area contributed by atoms with Gasteiger partial charge in [0, 0.05) is 13.2 Å². The van der Waals surface area contributed by atoms with E-state index in [1.54, 1.807) is 0 Å². The van der Waals surface area contributed by atoms with E-state index < -0.39 is 0 Å². The van der Waals surface area contributed by atoms with Crippen molar-refractivity contribution in [1.29, 1.82) is 0 Å². The van der Waals surface area contributed by atoms with Crippen molar-refractivity contribution >= 4 is 5.91 Å². The maximum absolute atomic E-state index is 11.9. The van der Waals surface area contributed by atoms with Gasteiger partial charge in [-0.1, -0.05) is 0 Å². The highest BCUT2D eigenvalue weighted by atomic mass is 16.5. The van der Waals surface area contributed by atoms with E-state index in [0.717, 1.165) is 25.9 Å². The number of amides is 1. The smallest absolute Gasteiger partial charge is 0.249 e. The van der Waals surface area contributed by atoms with Crippen LogP contribution in [0.4, 0.5) is 0 Å². The molecule has 0 saturated carbocycles. The summed E-state index contributed by atoms with van der Waals surface area (Å²) >= 11 is 0. The molecule has 5 nitrogen and oxygen atoms in total. The van der Waals surface area contributed by atoms with Gasteiger partial charge < -0.3 is 20.5 Å². The molecule has 2 rings (SSSR count). The Balaban J connectivity index is 1.80. The fraction of sp³-hybridized carbons (Fsp3) is 0.909. The van der Waals surface area contributed by atoms with E-state index in [9.17, 15) is 4.79 Å². The number of carbonyl (C=O) groups excluding carboxylic acids is 1. The monoisotopic (exact) mass is 228 g/mol. The normalized spacial score (nSPS) is 38.9. The molecule has 0 aromatic heterocycles. The van der Waals surface area contributed by atoms with E-state index in [-0.39, 0.29) is 30.3 Å². The Hall–Kier alpha value is -0.650. The first-order valence-electron chi connectivity index (χ1n) is 5.98. The highest BCUT2D eigenvalue weighted by molar-refractivity contribution is 5.81. The molecular formula is C11H20N2O3. The largest absolute Gasteiger partial charge is 0.376 e. The van der Waals surface area contributed by atoms with Crippen molar-refractivity contribution in [2.45, 2.75) is 50.5 Å². The van der Waals surface area contributed by atoms with Crippen LogP contribution in [-0.2, 0) is 14.3 Å². The van der Waals surface area contributed by atoms with Crippen molar-refractivity contribution in [3.05, 3.63) is 0 Å². The molecule has 92 valence electrons. The van der Waals surface area contributed by atoms with Gasteiger partial charge in [-0.3, -0.25) is 4.79 Å². The van der Waals surface area contributed by atoms with Gasteiger partial charge in [0.2, 0.25) is 5.91 Å². The second-order valence-corrected chi connectivity index (χ2v) is 4.54. The number of ether oxygens (including phenoxy) is 2. The van der Waals surface area contributed by atoms with E-state index in [4.69, 9.17) is 15.2 Å². The predicted molar refractivity (Wildman–Crippen MR) is 58.9 cm³/mol. The van der Waals surface area contributed by atoms with E-state index in [0.29, 0.717) is 6.54 Å². The zero-order valence-electron chi connectivity index (χ0n) is 9.65. The van der Waals surface area contributed by atoms with Crippen LogP contribution >= 0.6 is 0 Å². The first kappa shape index (κ1) is 11.8. The fourth-order valence-electron chi connectivity index (χ4n) is 2.27. The molecule has 4 atom stereocenters. The number of rotatable bonds is 3. The first-order valence-corrected chi connectivity index (χ1v) is 5.98. The molecular weight excluding hydrogens is 208 g/mol. The summed E-state index contributed by atoms with van der Waals surface area (Å²) in [6.07, 6.45) is 2.38. The average Bonchev–Trinajstić information content (AvgIpc) is 2.88. The summed E-state index contributed by atoms with van der Waals surface area (Å²) in [5, 5.41) is 2.99. The standard InChI is InChI=1S/C11H20N2O3/c1-7-9(4-5-15-7)13-11(14)10-3-2-8(6-12)16-10/h7-10H,2-6,12H2,1H3,(H,13,14)/t7?,8-,9?,10+/m1/s1. The summed E-state index contributed by atoms with van der Waals surface area (Å²) in [7, 11) is 0. The number of carbonyl (C=O) groups is 1. The quantitative estimate of drug-likeness (QED) is 0.701. The first-order chi connectivity index (χ1) is 7.70. The SMILES string of the molecule is CC1OCCC1NC(=O)[C@@H]1CC[C@H](CN)O1. The molecule has 0 radical (unpaired) electrons. The molecule has 0 aliphatic carbocycles. The van der Waals surface area contributed by atoms with Crippen LogP contribution < -0.4 is 11.1 Å². The molecule has 2 aliphatic heterocycles. The average molecular weight is 228 g/mol. The van der Waals surface area contributed by atoms with Crippen LogP contribution in [0.3, 0.4) is 0 Å². The lowest BCUT2D eigenvalue weighted by atomic mass is 10.1. The summed E-state index contributed by atoms with van der Waals surface area (Å²) in [5.41, 5.74) is 5.51. The van der Waals surface area contributed by atoms with Gasteiger partial charge in [-0.05, 0) is 26.2 Å². The lowest BCUT2D eigenvalue weighted by Gasteiger charge is -2.19. The molecule has 5 heteroatoms. The minimum Gasteiger partial charge on any atom is -0.376 e. The summed E-state index contributed by atoms with van der Waals surface area (Å²) in [6, 6.07) is 0.132. The predicted octanol–water partition coefficient (Wildman–Crippen LogP) is -0.214. The minimum absolute atomic E-state index is 0.0155. The summed E-state index contributed by atoms with van der Waals surface area (Å²) in [5.74, 6) is -0.0155. The van der Waals surface area contributed by atoms with Crippen molar-refractivity contribution < 1.29 is 14.3 Å². The van der Waals surface area contributed by atoms with Crippen LogP contribution in [0.1, 0.15) is 26.2 Å². The molecule has 2 fully saturated rings. The van der Waals surface area contributed by atoms with E-state index in [1.165, 1.54) is 0 Å². The van der Waals surface area contributed by atoms with Gasteiger partial charge >= 0.3 is 0 Å². The highest BCUT2D eigenvalue weighted by Crippen LogP contribution is 2.20. The second kappa shape index (κ2) is 5.12. The Morgan fingerprint density at radius 1 is 1.44 bits per heavy atom. The number of hydrogen-bond donors (Lipinski definition) is 2. The molecule has 3 N–H and O–H groups in total. The number of nitrogens with one attached hydrogen (secondary N) is 1. The van der Waals surface area contributed by atoms with Crippen LogP contribution in [0.2, 0.25) is 0 Å². The van der Waals surface area contributed by atoms with Crippen LogP contribution in [0.25, 0.3) is 0 Å². The van der Waals surface area contributed by atoms with E-state index in [1.807, 2.05) is 6.92 Å². The molecule has 2 aliphatic rings. The van der Waals surface area contributed by atoms with Gasteiger partial charge in [-0.15, -0.1) is 0 Å². The van der Waals surface area contributed by atoms with Crippen LogP contribution in [-0.4, -0.2) is 43.4 Å². The lowest BCUT2D eigenvalue weighted by Crippen LogP contribution is -2.44. The van der Waals surface area contributed by atoms with Crippen molar-refractivity contribution in [1.82, 2.24) is 5.32 Å². The highest BCUT2D eigenvalue weighted by Gasteiger charge is 2.33. The molecule has 16 heavy (non-hydrogen) atoms. The maximum atomic E-state index is 11.9. The van der Waals surface area contributed by atoms with Crippen LogP contribution in [0.5, 0.6) is 0 Å². The van der Waals surface area contributed by atoms with Gasteiger partial charge in [0.25, 0.3) is 0 Å². The van der Waals surface area contributed by atoms with E-state index in [2.05, 4.69) is 5.32 Å². The molecule has 0 aromatic carbocycles. The van der Waals surface area contributed by atoms with Gasteiger partial charge in [0.05, 0.1) is 18.2 Å². The zero-order chi connectivity index (χ0) is 11.5. The van der Waals surface area contributed by atoms with Crippen LogP contribution in [0.15, 0.2) is 0 Å². The van der Waals surface area contributed by atoms with Gasteiger partial charge in [-0.25, -0.2) is 0 Å². The van der Waals surface area contributed by atoms with Crippen molar-refractivity contribution in [3.8, 4) is 0 Å². The Labute approximate surface area is 95.7 Å². The summed E-state index contributed by atoms with van der Waals surface area (Å²) in [6.45, 7) is 3.20. The third kappa shape index (κ3) is 2.53. The molecule has 1 amide bonds. The Bertz CT molecular complexity index is 260. The summed E-state index contributed by atoms with van der Waals surface area (Å²) in [4.78, 5) is 11.9. The fourth-order valence-corrected chi connectivity index (χ4v) is 2.27. The molecule has 0 aromatic rings. The van der Waals surface area contributed by atoms with Crippen molar-refractivity contribution in [3.63, 3.8) is 0 Å². The van der Waals surface area contributed by atoms with Crippen molar-refractivity contribution in [2.24, 2.45) is 5.73 Å². The third-order valence-corrected chi connectivity index (χ3v) is 3.37. The summed E-state index contributed by atoms with van der Waals surface area (Å²) < 4.78 is 10.9. The Morgan fingerprint density at radius 3 is 2.81 bits per heavy atom. The maximum Gasteiger partial charge on any atom is 0.249 e. The Kier molecular flexibility index (Phi) is 3.78. The topological polar surface area (TPSA) is 73.6 Å². The van der Waals surface area contributed by atoms with Gasteiger partial charge in [-0.2, -0.15) is 0 Å². The number of hydrogen-bond acceptors (Lipinski definition) is 4. The number of nitrogens with two attached hydrogens (primary N) is 1. The second-order valence-electron chi connectivity index (χ2n) is 4.54. The lowest BCUT2D eigenvalue weighted by molar-refractivity contribution is -0.132. The van der Waals surface area contributed by atoms with Crippen LogP contribution in [0, 0.1) is 0 Å². The third-order valence-electron chi connectivity index (χ3n) is 3.37. The molecule has 2 unspecified atom stereocenters. The molecule has 2 saturated heterocycles. The van der Waals surface area contributed by atoms with Gasteiger partial charge in [0.15, 0.2) is 0 Å². The Morgan fingerprint density at radius 2 is 2.25 bits per heavy atom. The minimum atomic E-state index is -0.318.